The van der Waals surface area contributed by atoms with E-state index in [0.717, 1.165) is 32.5 Å². The predicted octanol–water partition coefficient (Wildman–Crippen LogP) is 0.980. The maximum Gasteiger partial charge on any atom is 0.214 e. The molecule has 0 heterocycles. The first-order chi connectivity index (χ1) is 8.94. The molecule has 0 aromatic heterocycles. The molecule has 0 amide bonds. The van der Waals surface area contributed by atoms with Gasteiger partial charge >= 0.3 is 0 Å². The lowest BCUT2D eigenvalue weighted by atomic mass is 10.4. The third kappa shape index (κ3) is 9.38. The Hall–Kier alpha value is -0.170. The van der Waals surface area contributed by atoms with Crippen LogP contribution in [0.4, 0.5) is 0 Å². The third-order valence-corrected chi connectivity index (χ3v) is 4.97. The summed E-state index contributed by atoms with van der Waals surface area (Å²) in [5, 5.41) is 3.23. The Morgan fingerprint density at radius 1 is 1.00 bits per heavy atom. The molecular formula is C13H31N3O2S. The van der Waals surface area contributed by atoms with Gasteiger partial charge in [0.05, 0.1) is 5.75 Å². The maximum absolute atomic E-state index is 12.2. The average molecular weight is 293 g/mol. The largest absolute Gasteiger partial charge is 0.317 e. The molecule has 19 heavy (non-hydrogen) atoms. The zero-order valence-corrected chi connectivity index (χ0v) is 13.8. The van der Waals surface area contributed by atoms with Crippen LogP contribution in [0, 0.1) is 0 Å². The molecule has 0 rings (SSSR count). The molecule has 0 atom stereocenters. The standard InChI is InChI=1S/C13H31N3O2S/c1-5-9-14-10-7-13-19(17,18)16(6-2)12-8-11-15(3)4/h14H,5-13H2,1-4H3. The summed E-state index contributed by atoms with van der Waals surface area (Å²) in [6.45, 7) is 7.86. The van der Waals surface area contributed by atoms with Crippen molar-refractivity contribution in [3.8, 4) is 0 Å². The van der Waals surface area contributed by atoms with E-state index in [-0.39, 0.29) is 5.75 Å². The van der Waals surface area contributed by atoms with E-state index in [2.05, 4.69) is 17.1 Å². The lowest BCUT2D eigenvalue weighted by molar-refractivity contribution is 0.356. The van der Waals surface area contributed by atoms with E-state index in [4.69, 9.17) is 0 Å². The van der Waals surface area contributed by atoms with Crippen molar-refractivity contribution in [3.05, 3.63) is 0 Å². The van der Waals surface area contributed by atoms with Gasteiger partial charge in [0.1, 0.15) is 0 Å². The Bertz CT molecular complexity index is 305. The van der Waals surface area contributed by atoms with Crippen LogP contribution in [-0.4, -0.2) is 70.2 Å². The second-order valence-electron chi connectivity index (χ2n) is 5.07. The zero-order valence-electron chi connectivity index (χ0n) is 13.0. The molecule has 0 aliphatic rings. The van der Waals surface area contributed by atoms with E-state index in [0.29, 0.717) is 19.5 Å². The normalized spacial score (nSPS) is 12.5. The lowest BCUT2D eigenvalue weighted by Gasteiger charge is -2.21. The van der Waals surface area contributed by atoms with Gasteiger partial charge in [0.2, 0.25) is 10.0 Å². The second kappa shape index (κ2) is 10.6. The van der Waals surface area contributed by atoms with E-state index < -0.39 is 10.0 Å². The number of sulfonamides is 1. The first-order valence-electron chi connectivity index (χ1n) is 7.27. The highest BCUT2D eigenvalue weighted by atomic mass is 32.2. The van der Waals surface area contributed by atoms with Crippen LogP contribution < -0.4 is 5.32 Å². The van der Waals surface area contributed by atoms with Crippen molar-refractivity contribution in [1.82, 2.24) is 14.5 Å². The molecular weight excluding hydrogens is 262 g/mol. The Morgan fingerprint density at radius 2 is 1.68 bits per heavy atom. The molecule has 0 bridgehead atoms. The summed E-state index contributed by atoms with van der Waals surface area (Å²) in [7, 11) is 0.926. The van der Waals surface area contributed by atoms with E-state index in [1.54, 1.807) is 4.31 Å². The second-order valence-corrected chi connectivity index (χ2v) is 7.16. The summed E-state index contributed by atoms with van der Waals surface area (Å²) < 4.78 is 25.9. The van der Waals surface area contributed by atoms with Crippen molar-refractivity contribution in [2.45, 2.75) is 33.1 Å². The van der Waals surface area contributed by atoms with Gasteiger partial charge in [-0.25, -0.2) is 12.7 Å². The molecule has 5 nitrogen and oxygen atoms in total. The molecule has 0 fully saturated rings. The van der Waals surface area contributed by atoms with E-state index in [9.17, 15) is 8.42 Å². The summed E-state index contributed by atoms with van der Waals surface area (Å²) in [4.78, 5) is 2.08. The number of nitrogens with zero attached hydrogens (tertiary/aromatic N) is 2. The summed E-state index contributed by atoms with van der Waals surface area (Å²) in [6.07, 6.45) is 2.65. The number of rotatable bonds is 12. The SMILES string of the molecule is CCCNCCCS(=O)(=O)N(CC)CCCN(C)C. The monoisotopic (exact) mass is 293 g/mol. The fourth-order valence-corrected chi connectivity index (χ4v) is 3.44. The zero-order chi connectivity index (χ0) is 14.7. The maximum atomic E-state index is 12.2. The van der Waals surface area contributed by atoms with Crippen molar-refractivity contribution in [2.75, 3.05) is 52.6 Å². The molecule has 0 aliphatic heterocycles. The summed E-state index contributed by atoms with van der Waals surface area (Å²) in [5.74, 6) is 0.250. The third-order valence-electron chi connectivity index (χ3n) is 2.94. The molecule has 0 aliphatic carbocycles. The molecule has 0 aromatic rings. The number of hydrogen-bond donors (Lipinski definition) is 1. The molecule has 0 aromatic carbocycles. The fourth-order valence-electron chi connectivity index (χ4n) is 1.87. The minimum Gasteiger partial charge on any atom is -0.317 e. The highest BCUT2D eigenvalue weighted by Crippen LogP contribution is 2.04. The van der Waals surface area contributed by atoms with Crippen LogP contribution >= 0.6 is 0 Å². The minimum absolute atomic E-state index is 0.250. The van der Waals surface area contributed by atoms with Crippen LogP contribution in [0.25, 0.3) is 0 Å². The van der Waals surface area contributed by atoms with Crippen molar-refractivity contribution >= 4 is 10.0 Å². The molecule has 0 saturated carbocycles. The highest BCUT2D eigenvalue weighted by Gasteiger charge is 2.19. The summed E-state index contributed by atoms with van der Waals surface area (Å²) in [5.41, 5.74) is 0. The van der Waals surface area contributed by atoms with Crippen LogP contribution in [0.3, 0.4) is 0 Å². The minimum atomic E-state index is -3.08. The van der Waals surface area contributed by atoms with Crippen LogP contribution in [0.1, 0.15) is 33.1 Å². The molecule has 1 N–H and O–H groups in total. The van der Waals surface area contributed by atoms with Crippen LogP contribution in [-0.2, 0) is 10.0 Å². The predicted molar refractivity (Wildman–Crippen MR) is 82.0 cm³/mol. The molecule has 0 unspecified atom stereocenters. The van der Waals surface area contributed by atoms with Crippen molar-refractivity contribution in [2.24, 2.45) is 0 Å². The van der Waals surface area contributed by atoms with E-state index in [1.807, 2.05) is 21.0 Å². The van der Waals surface area contributed by atoms with Gasteiger partial charge in [0.25, 0.3) is 0 Å². The summed E-state index contributed by atoms with van der Waals surface area (Å²) in [6, 6.07) is 0. The lowest BCUT2D eigenvalue weighted by Crippen LogP contribution is -2.35. The smallest absolute Gasteiger partial charge is 0.214 e. The van der Waals surface area contributed by atoms with Crippen LogP contribution in [0.15, 0.2) is 0 Å². The van der Waals surface area contributed by atoms with Crippen LogP contribution in [0.2, 0.25) is 0 Å². The van der Waals surface area contributed by atoms with Gasteiger partial charge in [-0.3, -0.25) is 0 Å². The van der Waals surface area contributed by atoms with Gasteiger partial charge in [-0.15, -0.1) is 0 Å². The Kier molecular flexibility index (Phi) is 10.5. The summed E-state index contributed by atoms with van der Waals surface area (Å²) >= 11 is 0. The molecule has 0 spiro atoms. The van der Waals surface area contributed by atoms with Gasteiger partial charge in [-0.05, 0) is 53.0 Å². The van der Waals surface area contributed by atoms with Crippen molar-refractivity contribution < 1.29 is 8.42 Å². The number of hydrogen-bond acceptors (Lipinski definition) is 4. The van der Waals surface area contributed by atoms with Gasteiger partial charge in [0, 0.05) is 13.1 Å². The topological polar surface area (TPSA) is 52.7 Å². The van der Waals surface area contributed by atoms with Crippen molar-refractivity contribution in [1.29, 1.82) is 0 Å². The first kappa shape index (κ1) is 18.8. The Labute approximate surface area is 119 Å². The van der Waals surface area contributed by atoms with Crippen LogP contribution in [0.5, 0.6) is 0 Å². The average Bonchev–Trinajstić information content (AvgIpc) is 2.33. The van der Waals surface area contributed by atoms with E-state index in [1.165, 1.54) is 0 Å². The van der Waals surface area contributed by atoms with Gasteiger partial charge in [-0.1, -0.05) is 13.8 Å². The highest BCUT2D eigenvalue weighted by molar-refractivity contribution is 7.89. The van der Waals surface area contributed by atoms with Gasteiger partial charge in [-0.2, -0.15) is 0 Å². The molecule has 6 heteroatoms. The quantitative estimate of drug-likeness (QED) is 0.545. The first-order valence-corrected chi connectivity index (χ1v) is 8.88. The van der Waals surface area contributed by atoms with Gasteiger partial charge < -0.3 is 10.2 Å². The Balaban J connectivity index is 4.03. The fraction of sp³-hybridized carbons (Fsp3) is 1.00. The van der Waals surface area contributed by atoms with Crippen molar-refractivity contribution in [3.63, 3.8) is 0 Å². The molecule has 116 valence electrons. The molecule has 0 saturated heterocycles. The van der Waals surface area contributed by atoms with Gasteiger partial charge in [0.15, 0.2) is 0 Å². The molecule has 0 radical (unpaired) electrons. The number of nitrogens with one attached hydrogen (secondary N) is 1. The Morgan fingerprint density at radius 3 is 2.21 bits per heavy atom. The van der Waals surface area contributed by atoms with E-state index >= 15 is 0 Å².